The van der Waals surface area contributed by atoms with Gasteiger partial charge in [0.05, 0.1) is 10.2 Å². The molecule has 0 fully saturated rings. The largest absolute Gasteiger partial charge is 0.235 e. The van der Waals surface area contributed by atoms with Gasteiger partial charge in [0.2, 0.25) is 0 Å². The van der Waals surface area contributed by atoms with Crippen LogP contribution in [0.5, 0.6) is 0 Å². The number of fused-ring (bicyclic) bond motifs is 10. The molecule has 0 saturated carbocycles. The number of hydrogen-bond donors (Lipinski definition) is 0. The molecule has 9 aromatic carbocycles. The Kier molecular flexibility index (Phi) is 7.55. The summed E-state index contributed by atoms with van der Waals surface area (Å²) in [6, 6.07) is 64.6. The van der Waals surface area contributed by atoms with Crippen molar-refractivity contribution in [1.29, 1.82) is 0 Å². The van der Waals surface area contributed by atoms with Crippen molar-refractivity contribution in [2.75, 3.05) is 0 Å². The van der Waals surface area contributed by atoms with Crippen molar-refractivity contribution < 1.29 is 0 Å². The normalized spacial score (nSPS) is 11.8. The maximum atomic E-state index is 5.32. The summed E-state index contributed by atoms with van der Waals surface area (Å²) >= 11 is 3.47. The van der Waals surface area contributed by atoms with Crippen LogP contribution in [0.3, 0.4) is 0 Å². The van der Waals surface area contributed by atoms with Crippen molar-refractivity contribution in [2.24, 2.45) is 0 Å². The summed E-state index contributed by atoms with van der Waals surface area (Å²) in [7, 11) is 0. The van der Waals surface area contributed by atoms with E-state index in [4.69, 9.17) is 19.9 Å². The van der Waals surface area contributed by atoms with Crippen LogP contribution in [0.4, 0.5) is 0 Å². The summed E-state index contributed by atoms with van der Waals surface area (Å²) in [6.07, 6.45) is 0. The fourth-order valence-electron chi connectivity index (χ4n) is 8.43. The molecule has 0 N–H and O–H groups in total. The quantitative estimate of drug-likeness (QED) is 0.163. The highest BCUT2D eigenvalue weighted by molar-refractivity contribution is 7.26. The van der Waals surface area contributed by atoms with Crippen molar-refractivity contribution in [3.63, 3.8) is 0 Å². The minimum absolute atomic E-state index is 0.606. The highest BCUT2D eigenvalue weighted by atomic mass is 32.1. The van der Waals surface area contributed by atoms with Gasteiger partial charge in [-0.3, -0.25) is 0 Å². The smallest absolute Gasteiger partial charge is 0.166 e. The predicted molar refractivity (Wildman–Crippen MR) is 246 cm³/mol. The van der Waals surface area contributed by atoms with E-state index in [1.165, 1.54) is 58.1 Å². The van der Waals surface area contributed by atoms with Gasteiger partial charge in [-0.15, -0.1) is 22.7 Å². The van der Waals surface area contributed by atoms with Crippen molar-refractivity contribution in [2.45, 2.75) is 0 Å². The van der Waals surface area contributed by atoms with E-state index in [9.17, 15) is 0 Å². The lowest BCUT2D eigenvalue weighted by molar-refractivity contribution is 1.08. The Morgan fingerprint density at radius 3 is 1.62 bits per heavy atom. The van der Waals surface area contributed by atoms with Gasteiger partial charge in [-0.2, -0.15) is 0 Å². The summed E-state index contributed by atoms with van der Waals surface area (Å²) in [5.41, 5.74) is 7.11. The van der Waals surface area contributed by atoms with Crippen LogP contribution in [-0.2, 0) is 0 Å². The summed E-state index contributed by atoms with van der Waals surface area (Å²) in [6.45, 7) is 0. The maximum absolute atomic E-state index is 5.32. The maximum Gasteiger partial charge on any atom is 0.166 e. The minimum atomic E-state index is 0.606. The molecule has 58 heavy (non-hydrogen) atoms. The van der Waals surface area contributed by atoms with E-state index in [-0.39, 0.29) is 0 Å². The number of benzene rings is 9. The molecule has 12 rings (SSSR count). The molecule has 0 spiro atoms. The molecule has 0 amide bonds. The first kappa shape index (κ1) is 33.1. The van der Waals surface area contributed by atoms with Gasteiger partial charge in [-0.25, -0.2) is 19.9 Å². The Morgan fingerprint density at radius 1 is 0.293 bits per heavy atom. The van der Waals surface area contributed by atoms with Gasteiger partial charge in [-0.1, -0.05) is 146 Å². The Morgan fingerprint density at radius 2 is 0.828 bits per heavy atom. The van der Waals surface area contributed by atoms with Gasteiger partial charge < -0.3 is 0 Å². The Hall–Kier alpha value is -7.12. The number of rotatable bonds is 5. The van der Waals surface area contributed by atoms with Crippen LogP contribution in [0.2, 0.25) is 0 Å². The van der Waals surface area contributed by atoms with Gasteiger partial charge in [0, 0.05) is 42.4 Å². The monoisotopic (exact) mass is 774 g/mol. The SMILES string of the molecule is c1ccc(-c2nc(-c3cccc4sc(-c5cccc(-c6ccc7c8ccccc8c8ccccc8c7c6)c5)nc34)nc(-c3cccc4c3sc3ccccc34)n2)cc1. The average Bonchev–Trinajstić information content (AvgIpc) is 3.92. The minimum Gasteiger partial charge on any atom is -0.235 e. The zero-order valence-electron chi connectivity index (χ0n) is 30.9. The third-order valence-electron chi connectivity index (χ3n) is 11.2. The molecule has 0 aliphatic carbocycles. The molecule has 0 saturated heterocycles. The van der Waals surface area contributed by atoms with E-state index >= 15 is 0 Å². The molecule has 0 bridgehead atoms. The van der Waals surface area contributed by atoms with E-state index in [1.54, 1.807) is 22.7 Å². The molecule has 0 unspecified atom stereocenters. The molecule has 3 heterocycles. The molecule has 0 aliphatic heterocycles. The lowest BCUT2D eigenvalue weighted by atomic mass is 9.92. The number of hydrogen-bond acceptors (Lipinski definition) is 6. The molecular formula is C52H30N4S2. The fourth-order valence-corrected chi connectivity index (χ4v) is 10.6. The lowest BCUT2D eigenvalue weighted by Crippen LogP contribution is -2.00. The topological polar surface area (TPSA) is 51.6 Å². The standard InChI is InChI=1S/C52H30N4S2/c1-2-13-31(14-3-1)49-54-50(56-51(55-49)43-24-11-22-41-40-21-8-9-25-45(40)57-48(41)43)42-23-12-26-46-47(42)53-52(58-46)34-16-10-15-32(29-34)33-27-28-39-37-19-5-4-17-35(37)36-18-6-7-20-38(36)44(39)30-33/h1-30H. The summed E-state index contributed by atoms with van der Waals surface area (Å²) in [5.74, 6) is 1.89. The van der Waals surface area contributed by atoms with E-state index < -0.39 is 0 Å². The Balaban J connectivity index is 0.987. The number of aromatic nitrogens is 4. The first-order valence-electron chi connectivity index (χ1n) is 19.3. The summed E-state index contributed by atoms with van der Waals surface area (Å²) in [5, 5.41) is 11.0. The zero-order chi connectivity index (χ0) is 38.2. The Bertz CT molecular complexity index is 3550. The van der Waals surface area contributed by atoms with Gasteiger partial charge in [0.25, 0.3) is 0 Å². The molecule has 12 aromatic rings. The highest BCUT2D eigenvalue weighted by Crippen LogP contribution is 2.42. The molecule has 6 heteroatoms. The molecular weight excluding hydrogens is 745 g/mol. The molecule has 0 aliphatic rings. The van der Waals surface area contributed by atoms with Crippen molar-refractivity contribution in [3.05, 3.63) is 182 Å². The van der Waals surface area contributed by atoms with E-state index in [1.807, 2.05) is 18.2 Å². The van der Waals surface area contributed by atoms with Gasteiger partial charge >= 0.3 is 0 Å². The first-order valence-corrected chi connectivity index (χ1v) is 20.9. The van der Waals surface area contributed by atoms with Gasteiger partial charge in [0.1, 0.15) is 5.01 Å². The second-order valence-corrected chi connectivity index (χ2v) is 16.6. The second-order valence-electron chi connectivity index (χ2n) is 14.6. The van der Waals surface area contributed by atoms with Crippen molar-refractivity contribution >= 4 is 85.4 Å². The van der Waals surface area contributed by atoms with E-state index in [0.29, 0.717) is 17.5 Å². The van der Waals surface area contributed by atoms with Crippen LogP contribution in [0.1, 0.15) is 0 Å². The van der Waals surface area contributed by atoms with Crippen LogP contribution >= 0.6 is 22.7 Å². The number of thiophene rings is 1. The number of nitrogens with zero attached hydrogens (tertiary/aromatic N) is 4. The van der Waals surface area contributed by atoms with Crippen LogP contribution < -0.4 is 0 Å². The zero-order valence-corrected chi connectivity index (χ0v) is 32.6. The molecule has 0 radical (unpaired) electrons. The molecule has 3 aromatic heterocycles. The number of thiazole rings is 1. The van der Waals surface area contributed by atoms with E-state index in [0.717, 1.165) is 43.0 Å². The highest BCUT2D eigenvalue weighted by Gasteiger charge is 2.20. The number of para-hydroxylation sites is 1. The van der Waals surface area contributed by atoms with Crippen molar-refractivity contribution in [3.8, 4) is 55.9 Å². The molecule has 270 valence electrons. The Labute approximate surface area is 341 Å². The fraction of sp³-hybridized carbons (Fsp3) is 0. The van der Waals surface area contributed by atoms with Crippen molar-refractivity contribution in [1.82, 2.24) is 19.9 Å². The third-order valence-corrected chi connectivity index (χ3v) is 13.4. The van der Waals surface area contributed by atoms with Crippen LogP contribution in [0.15, 0.2) is 182 Å². The van der Waals surface area contributed by atoms with Crippen LogP contribution in [0.25, 0.3) is 119 Å². The summed E-state index contributed by atoms with van der Waals surface area (Å²) < 4.78 is 3.49. The second kappa shape index (κ2) is 13.2. The average molecular weight is 775 g/mol. The van der Waals surface area contributed by atoms with Gasteiger partial charge in [0.15, 0.2) is 17.5 Å². The first-order chi connectivity index (χ1) is 28.7. The molecule has 4 nitrogen and oxygen atoms in total. The lowest BCUT2D eigenvalue weighted by Gasteiger charge is -2.12. The van der Waals surface area contributed by atoms with Gasteiger partial charge in [-0.05, 0) is 79.8 Å². The summed E-state index contributed by atoms with van der Waals surface area (Å²) in [4.78, 5) is 20.8. The third kappa shape index (κ3) is 5.34. The van der Waals surface area contributed by atoms with Crippen LogP contribution in [0, 0.1) is 0 Å². The van der Waals surface area contributed by atoms with E-state index in [2.05, 4.69) is 164 Å². The molecule has 0 atom stereocenters. The van der Waals surface area contributed by atoms with Crippen LogP contribution in [-0.4, -0.2) is 19.9 Å². The predicted octanol–water partition coefficient (Wildman–Crippen LogP) is 14.6.